The SMILES string of the molecule is CN1CCN(CCCc2ccc(Oc3ccc(Br)cc3)cc2)CC1. The molecule has 0 aliphatic carbocycles. The lowest BCUT2D eigenvalue weighted by atomic mass is 10.1. The van der Waals surface area contributed by atoms with E-state index < -0.39 is 0 Å². The average molecular weight is 389 g/mol. The van der Waals surface area contributed by atoms with Gasteiger partial charge in [-0.1, -0.05) is 28.1 Å². The highest BCUT2D eigenvalue weighted by Crippen LogP contribution is 2.23. The predicted molar refractivity (Wildman–Crippen MR) is 103 cm³/mol. The van der Waals surface area contributed by atoms with E-state index in [0.717, 1.165) is 22.4 Å². The van der Waals surface area contributed by atoms with Crippen LogP contribution < -0.4 is 4.74 Å². The fraction of sp³-hybridized carbons (Fsp3) is 0.400. The topological polar surface area (TPSA) is 15.7 Å². The largest absolute Gasteiger partial charge is 0.457 e. The smallest absolute Gasteiger partial charge is 0.127 e. The fourth-order valence-electron chi connectivity index (χ4n) is 2.94. The Labute approximate surface area is 153 Å². The van der Waals surface area contributed by atoms with E-state index in [1.165, 1.54) is 44.7 Å². The van der Waals surface area contributed by atoms with Gasteiger partial charge in [0.2, 0.25) is 0 Å². The first-order valence-corrected chi connectivity index (χ1v) is 9.41. The Hall–Kier alpha value is -1.36. The molecule has 0 radical (unpaired) electrons. The van der Waals surface area contributed by atoms with Crippen molar-refractivity contribution in [2.75, 3.05) is 39.8 Å². The van der Waals surface area contributed by atoms with E-state index in [1.54, 1.807) is 0 Å². The summed E-state index contributed by atoms with van der Waals surface area (Å²) in [6.45, 7) is 6.00. The number of hydrogen-bond donors (Lipinski definition) is 0. The minimum Gasteiger partial charge on any atom is -0.457 e. The van der Waals surface area contributed by atoms with Gasteiger partial charge < -0.3 is 14.5 Å². The molecule has 1 saturated heterocycles. The van der Waals surface area contributed by atoms with Gasteiger partial charge in [0.05, 0.1) is 0 Å². The third-order valence-corrected chi connectivity index (χ3v) is 5.04. The number of hydrogen-bond acceptors (Lipinski definition) is 3. The number of benzene rings is 2. The van der Waals surface area contributed by atoms with E-state index in [-0.39, 0.29) is 0 Å². The van der Waals surface area contributed by atoms with E-state index in [9.17, 15) is 0 Å². The number of halogens is 1. The van der Waals surface area contributed by atoms with Gasteiger partial charge in [-0.05, 0) is 68.4 Å². The minimum absolute atomic E-state index is 0.862. The van der Waals surface area contributed by atoms with Gasteiger partial charge in [-0.15, -0.1) is 0 Å². The number of nitrogens with zero attached hydrogens (tertiary/aromatic N) is 2. The Morgan fingerprint density at radius 3 is 2.08 bits per heavy atom. The number of ether oxygens (including phenoxy) is 1. The van der Waals surface area contributed by atoms with Crippen molar-refractivity contribution in [2.45, 2.75) is 12.8 Å². The van der Waals surface area contributed by atoms with Gasteiger partial charge in [0.1, 0.15) is 11.5 Å². The molecular formula is C20H25BrN2O. The van der Waals surface area contributed by atoms with Crippen molar-refractivity contribution in [1.29, 1.82) is 0 Å². The zero-order valence-corrected chi connectivity index (χ0v) is 15.8. The molecule has 128 valence electrons. The van der Waals surface area contributed by atoms with E-state index in [0.29, 0.717) is 0 Å². The van der Waals surface area contributed by atoms with Gasteiger partial charge in [0.25, 0.3) is 0 Å². The summed E-state index contributed by atoms with van der Waals surface area (Å²) >= 11 is 3.43. The van der Waals surface area contributed by atoms with Crippen LogP contribution in [0, 0.1) is 0 Å². The Morgan fingerprint density at radius 1 is 0.875 bits per heavy atom. The van der Waals surface area contributed by atoms with Crippen LogP contribution in [0.4, 0.5) is 0 Å². The summed E-state index contributed by atoms with van der Waals surface area (Å²) in [7, 11) is 2.20. The lowest BCUT2D eigenvalue weighted by molar-refractivity contribution is 0.153. The standard InChI is InChI=1S/C20H25BrN2O/c1-22-13-15-23(16-14-22)12-2-3-17-4-8-19(9-5-17)24-20-10-6-18(21)7-11-20/h4-11H,2-3,12-16H2,1H3. The molecule has 1 fully saturated rings. The molecule has 3 rings (SSSR count). The van der Waals surface area contributed by atoms with Crippen LogP contribution in [0.15, 0.2) is 53.0 Å². The molecule has 1 aliphatic heterocycles. The summed E-state index contributed by atoms with van der Waals surface area (Å²) in [4.78, 5) is 4.98. The molecule has 1 heterocycles. The van der Waals surface area contributed by atoms with Crippen LogP contribution in [0.25, 0.3) is 0 Å². The molecule has 0 spiro atoms. The molecule has 4 heteroatoms. The van der Waals surface area contributed by atoms with Crippen molar-refractivity contribution < 1.29 is 4.74 Å². The zero-order valence-electron chi connectivity index (χ0n) is 14.2. The van der Waals surface area contributed by atoms with E-state index in [4.69, 9.17) is 4.74 Å². The molecular weight excluding hydrogens is 364 g/mol. The lowest BCUT2D eigenvalue weighted by Crippen LogP contribution is -2.44. The van der Waals surface area contributed by atoms with E-state index in [2.05, 4.69) is 57.0 Å². The van der Waals surface area contributed by atoms with Crippen LogP contribution in [0.3, 0.4) is 0 Å². The van der Waals surface area contributed by atoms with Gasteiger partial charge >= 0.3 is 0 Å². The average Bonchev–Trinajstić information content (AvgIpc) is 2.60. The molecule has 24 heavy (non-hydrogen) atoms. The molecule has 3 nitrogen and oxygen atoms in total. The Morgan fingerprint density at radius 2 is 1.46 bits per heavy atom. The Balaban J connectivity index is 1.43. The lowest BCUT2D eigenvalue weighted by Gasteiger charge is -2.32. The third kappa shape index (κ3) is 5.33. The van der Waals surface area contributed by atoms with Crippen LogP contribution in [0.5, 0.6) is 11.5 Å². The third-order valence-electron chi connectivity index (χ3n) is 4.51. The summed E-state index contributed by atoms with van der Waals surface area (Å²) in [5.74, 6) is 1.75. The van der Waals surface area contributed by atoms with Gasteiger partial charge in [0.15, 0.2) is 0 Å². The van der Waals surface area contributed by atoms with E-state index >= 15 is 0 Å². The summed E-state index contributed by atoms with van der Waals surface area (Å²) in [5, 5.41) is 0. The molecule has 0 atom stereocenters. The van der Waals surface area contributed by atoms with Gasteiger partial charge in [-0.3, -0.25) is 0 Å². The number of likely N-dealkylation sites (N-methyl/N-ethyl adjacent to an activating group) is 1. The number of rotatable bonds is 6. The van der Waals surface area contributed by atoms with Crippen molar-refractivity contribution in [1.82, 2.24) is 9.80 Å². The summed E-state index contributed by atoms with van der Waals surface area (Å²) < 4.78 is 6.93. The summed E-state index contributed by atoms with van der Waals surface area (Å²) in [6.07, 6.45) is 2.35. The van der Waals surface area contributed by atoms with Crippen molar-refractivity contribution in [3.8, 4) is 11.5 Å². The van der Waals surface area contributed by atoms with Gasteiger partial charge in [-0.25, -0.2) is 0 Å². The predicted octanol–water partition coefficient (Wildman–Crippen LogP) is 4.42. The Bertz CT molecular complexity index is 619. The minimum atomic E-state index is 0.862. The highest BCUT2D eigenvalue weighted by molar-refractivity contribution is 9.10. The van der Waals surface area contributed by atoms with Crippen LogP contribution in [-0.2, 0) is 6.42 Å². The fourth-order valence-corrected chi connectivity index (χ4v) is 3.21. The molecule has 0 amide bonds. The second kappa shape index (κ2) is 8.65. The molecule has 0 saturated carbocycles. The number of aryl methyl sites for hydroxylation is 1. The molecule has 1 aliphatic rings. The molecule has 0 bridgehead atoms. The molecule has 0 unspecified atom stereocenters. The van der Waals surface area contributed by atoms with Crippen molar-refractivity contribution in [3.05, 3.63) is 58.6 Å². The van der Waals surface area contributed by atoms with Gasteiger partial charge in [0, 0.05) is 30.7 Å². The second-order valence-electron chi connectivity index (χ2n) is 6.45. The Kier molecular flexibility index (Phi) is 6.30. The van der Waals surface area contributed by atoms with Crippen molar-refractivity contribution in [2.24, 2.45) is 0 Å². The molecule has 0 N–H and O–H groups in total. The van der Waals surface area contributed by atoms with Gasteiger partial charge in [-0.2, -0.15) is 0 Å². The summed E-state index contributed by atoms with van der Waals surface area (Å²) in [5.41, 5.74) is 1.38. The van der Waals surface area contributed by atoms with Crippen LogP contribution in [-0.4, -0.2) is 49.6 Å². The van der Waals surface area contributed by atoms with Crippen LogP contribution >= 0.6 is 15.9 Å². The molecule has 0 aromatic heterocycles. The normalized spacial score (nSPS) is 16.2. The zero-order chi connectivity index (χ0) is 16.8. The van der Waals surface area contributed by atoms with Crippen LogP contribution in [0.2, 0.25) is 0 Å². The van der Waals surface area contributed by atoms with E-state index in [1.807, 2.05) is 24.3 Å². The van der Waals surface area contributed by atoms with Crippen molar-refractivity contribution in [3.63, 3.8) is 0 Å². The van der Waals surface area contributed by atoms with Crippen molar-refractivity contribution >= 4 is 15.9 Å². The first-order chi connectivity index (χ1) is 11.7. The summed E-state index contributed by atoms with van der Waals surface area (Å²) in [6, 6.07) is 16.4. The second-order valence-corrected chi connectivity index (χ2v) is 7.36. The number of piperazine rings is 1. The van der Waals surface area contributed by atoms with Crippen LogP contribution in [0.1, 0.15) is 12.0 Å². The highest BCUT2D eigenvalue weighted by atomic mass is 79.9. The first kappa shape index (κ1) is 17.5. The quantitative estimate of drug-likeness (QED) is 0.728. The first-order valence-electron chi connectivity index (χ1n) is 8.62. The highest BCUT2D eigenvalue weighted by Gasteiger charge is 2.12. The monoisotopic (exact) mass is 388 g/mol. The maximum absolute atomic E-state index is 5.86. The molecule has 2 aromatic rings. The maximum atomic E-state index is 5.86. The maximum Gasteiger partial charge on any atom is 0.127 e. The molecule has 2 aromatic carbocycles.